The second-order valence-corrected chi connectivity index (χ2v) is 6.62. The topological polar surface area (TPSA) is 93.9 Å². The zero-order chi connectivity index (χ0) is 21.4. The Hall–Kier alpha value is -2.84. The van der Waals surface area contributed by atoms with E-state index in [1.54, 1.807) is 7.11 Å². The molecule has 2 aromatic rings. The van der Waals surface area contributed by atoms with Crippen LogP contribution >= 0.6 is 11.6 Å². The van der Waals surface area contributed by atoms with Gasteiger partial charge in [0.05, 0.1) is 25.2 Å². The van der Waals surface area contributed by atoms with Crippen molar-refractivity contribution in [2.24, 2.45) is 0 Å². The van der Waals surface area contributed by atoms with Crippen molar-refractivity contribution in [2.75, 3.05) is 32.1 Å². The summed E-state index contributed by atoms with van der Waals surface area (Å²) in [5, 5.41) is 14.0. The highest BCUT2D eigenvalue weighted by molar-refractivity contribution is 6.31. The Bertz CT molecular complexity index is 875. The van der Waals surface area contributed by atoms with Crippen LogP contribution in [0, 0.1) is 10.1 Å². The number of methoxy groups -OCH3 is 1. The number of halogens is 1. The highest BCUT2D eigenvalue weighted by atomic mass is 35.5. The van der Waals surface area contributed by atoms with Gasteiger partial charge in [0.25, 0.3) is 5.69 Å². The molecule has 0 heterocycles. The molecule has 0 radical (unpaired) electrons. The third-order valence-corrected chi connectivity index (χ3v) is 4.41. The number of hydrogen-bond donors (Lipinski definition) is 1. The van der Waals surface area contributed by atoms with Crippen molar-refractivity contribution >= 4 is 28.9 Å². The Kier molecular flexibility index (Phi) is 8.23. The number of benzene rings is 2. The molecule has 0 aromatic heterocycles. The average molecular weight is 422 g/mol. The fourth-order valence-corrected chi connectivity index (χ4v) is 2.94. The molecule has 156 valence electrons. The Morgan fingerprint density at radius 3 is 2.59 bits per heavy atom. The number of carbonyl (C=O) groups excluding carboxylic acids is 1. The zero-order valence-corrected chi connectivity index (χ0v) is 17.4. The van der Waals surface area contributed by atoms with E-state index in [-0.39, 0.29) is 28.8 Å². The highest BCUT2D eigenvalue weighted by Gasteiger charge is 2.18. The van der Waals surface area contributed by atoms with E-state index in [9.17, 15) is 14.9 Å². The third-order valence-electron chi connectivity index (χ3n) is 4.18. The van der Waals surface area contributed by atoms with Crippen LogP contribution < -0.4 is 14.8 Å². The van der Waals surface area contributed by atoms with Gasteiger partial charge in [-0.15, -0.1) is 0 Å². The molecule has 0 bridgehead atoms. The van der Waals surface area contributed by atoms with E-state index < -0.39 is 4.92 Å². The molecular weight excluding hydrogens is 398 g/mol. The lowest BCUT2D eigenvalue weighted by molar-refractivity contribution is -0.383. The summed E-state index contributed by atoms with van der Waals surface area (Å²) in [7, 11) is 1.58. The van der Waals surface area contributed by atoms with Crippen LogP contribution in [0.5, 0.6) is 11.5 Å². The van der Waals surface area contributed by atoms with E-state index in [0.29, 0.717) is 31.2 Å². The molecule has 2 aromatic carbocycles. The number of nitro groups is 1. The number of nitrogens with zero attached hydrogens (tertiary/aromatic N) is 2. The number of amides is 1. The largest absolute Gasteiger partial charge is 0.493 e. The summed E-state index contributed by atoms with van der Waals surface area (Å²) in [6, 6.07) is 9.75. The predicted octanol–water partition coefficient (Wildman–Crippen LogP) is 4.12. The Morgan fingerprint density at radius 1 is 1.21 bits per heavy atom. The van der Waals surface area contributed by atoms with Crippen molar-refractivity contribution in [1.82, 2.24) is 4.90 Å². The lowest BCUT2D eigenvalue weighted by Crippen LogP contribution is -2.32. The van der Waals surface area contributed by atoms with Crippen molar-refractivity contribution in [3.05, 3.63) is 57.1 Å². The first kappa shape index (κ1) is 22.4. The van der Waals surface area contributed by atoms with E-state index in [4.69, 9.17) is 21.1 Å². The minimum absolute atomic E-state index is 0.0752. The van der Waals surface area contributed by atoms with Crippen LogP contribution in [0.15, 0.2) is 36.4 Å². The number of ether oxygens (including phenoxy) is 2. The summed E-state index contributed by atoms with van der Waals surface area (Å²) < 4.78 is 10.9. The number of carbonyl (C=O) groups is 1. The molecule has 0 atom stereocenters. The molecule has 0 aliphatic rings. The van der Waals surface area contributed by atoms with Gasteiger partial charge in [0.2, 0.25) is 5.91 Å². The minimum atomic E-state index is -0.578. The van der Waals surface area contributed by atoms with Gasteiger partial charge in [0.15, 0.2) is 11.5 Å². The molecule has 0 spiro atoms. The van der Waals surface area contributed by atoms with Gasteiger partial charge in [-0.25, -0.2) is 0 Å². The van der Waals surface area contributed by atoms with Crippen LogP contribution in [0.4, 0.5) is 11.4 Å². The number of nitro benzene ring substituents is 1. The average Bonchev–Trinajstić information content (AvgIpc) is 2.69. The Labute approximate surface area is 174 Å². The fourth-order valence-electron chi connectivity index (χ4n) is 2.78. The molecule has 0 aliphatic carbocycles. The van der Waals surface area contributed by atoms with Gasteiger partial charge in [0, 0.05) is 17.6 Å². The smallest absolute Gasteiger partial charge is 0.294 e. The van der Waals surface area contributed by atoms with Gasteiger partial charge in [-0.1, -0.05) is 24.6 Å². The first-order valence-electron chi connectivity index (χ1n) is 9.13. The summed E-state index contributed by atoms with van der Waals surface area (Å²) >= 11 is 5.81. The molecule has 29 heavy (non-hydrogen) atoms. The van der Waals surface area contributed by atoms with Crippen molar-refractivity contribution in [3.63, 3.8) is 0 Å². The standard InChI is InChI=1S/C20H24ClN3O5/c1-4-23(12-14-6-9-18(29-5-2)19(10-14)28-3)13-20(25)22-16-8-7-15(21)11-17(16)24(26)27/h6-11H,4-5,12-13H2,1-3H3,(H,22,25). The zero-order valence-electron chi connectivity index (χ0n) is 16.6. The van der Waals surface area contributed by atoms with Crippen LogP contribution in [-0.4, -0.2) is 42.5 Å². The second kappa shape index (κ2) is 10.6. The monoisotopic (exact) mass is 421 g/mol. The van der Waals surface area contributed by atoms with E-state index in [2.05, 4.69) is 5.32 Å². The molecule has 1 N–H and O–H groups in total. The van der Waals surface area contributed by atoms with Gasteiger partial charge in [0.1, 0.15) is 5.69 Å². The number of anilines is 1. The van der Waals surface area contributed by atoms with Crippen LogP contribution in [0.3, 0.4) is 0 Å². The molecule has 0 saturated carbocycles. The first-order valence-corrected chi connectivity index (χ1v) is 9.51. The van der Waals surface area contributed by atoms with Gasteiger partial charge in [-0.3, -0.25) is 19.8 Å². The predicted molar refractivity (Wildman–Crippen MR) is 112 cm³/mol. The highest BCUT2D eigenvalue weighted by Crippen LogP contribution is 2.29. The summed E-state index contributed by atoms with van der Waals surface area (Å²) in [6.07, 6.45) is 0. The summed E-state index contributed by atoms with van der Waals surface area (Å²) in [4.78, 5) is 24.9. The van der Waals surface area contributed by atoms with Crippen LogP contribution in [0.2, 0.25) is 5.02 Å². The molecule has 8 nitrogen and oxygen atoms in total. The fraction of sp³-hybridized carbons (Fsp3) is 0.350. The maximum absolute atomic E-state index is 12.4. The van der Waals surface area contributed by atoms with Crippen molar-refractivity contribution in [3.8, 4) is 11.5 Å². The Morgan fingerprint density at radius 2 is 1.97 bits per heavy atom. The molecule has 0 fully saturated rings. The van der Waals surface area contributed by atoms with E-state index in [1.165, 1.54) is 18.2 Å². The Balaban J connectivity index is 2.06. The molecule has 0 saturated heterocycles. The summed E-state index contributed by atoms with van der Waals surface area (Å²) in [5.74, 6) is 0.936. The maximum atomic E-state index is 12.4. The van der Waals surface area contributed by atoms with Gasteiger partial charge >= 0.3 is 0 Å². The molecule has 1 amide bonds. The van der Waals surface area contributed by atoms with Crippen LogP contribution in [-0.2, 0) is 11.3 Å². The van der Waals surface area contributed by atoms with Gasteiger partial charge in [-0.05, 0) is 43.3 Å². The van der Waals surface area contributed by atoms with Crippen molar-refractivity contribution in [2.45, 2.75) is 20.4 Å². The lowest BCUT2D eigenvalue weighted by atomic mass is 10.2. The normalized spacial score (nSPS) is 10.7. The van der Waals surface area contributed by atoms with E-state index >= 15 is 0 Å². The first-order chi connectivity index (χ1) is 13.9. The van der Waals surface area contributed by atoms with E-state index in [0.717, 1.165) is 5.56 Å². The third kappa shape index (κ3) is 6.33. The summed E-state index contributed by atoms with van der Waals surface area (Å²) in [5.41, 5.74) is 0.825. The number of nitrogens with one attached hydrogen (secondary N) is 1. The molecule has 0 unspecified atom stereocenters. The van der Waals surface area contributed by atoms with Gasteiger partial charge in [-0.2, -0.15) is 0 Å². The molecular formula is C20H24ClN3O5. The van der Waals surface area contributed by atoms with Crippen LogP contribution in [0.25, 0.3) is 0 Å². The quantitative estimate of drug-likeness (QED) is 0.458. The van der Waals surface area contributed by atoms with Crippen LogP contribution in [0.1, 0.15) is 19.4 Å². The van der Waals surface area contributed by atoms with Gasteiger partial charge < -0.3 is 14.8 Å². The minimum Gasteiger partial charge on any atom is -0.493 e. The van der Waals surface area contributed by atoms with Crippen molar-refractivity contribution in [1.29, 1.82) is 0 Å². The maximum Gasteiger partial charge on any atom is 0.294 e. The van der Waals surface area contributed by atoms with Crippen molar-refractivity contribution < 1.29 is 19.2 Å². The lowest BCUT2D eigenvalue weighted by Gasteiger charge is -2.20. The SMILES string of the molecule is CCOc1ccc(CN(CC)CC(=O)Nc2ccc(Cl)cc2[N+](=O)[O-])cc1OC. The molecule has 2 rings (SSSR count). The number of likely N-dealkylation sites (N-methyl/N-ethyl adjacent to an activating group) is 1. The second-order valence-electron chi connectivity index (χ2n) is 6.19. The number of hydrogen-bond acceptors (Lipinski definition) is 6. The molecule has 0 aliphatic heterocycles. The molecule has 9 heteroatoms. The number of rotatable bonds is 10. The van der Waals surface area contributed by atoms with E-state index in [1.807, 2.05) is 36.9 Å². The summed E-state index contributed by atoms with van der Waals surface area (Å²) in [6.45, 7) is 5.57.